The molecule has 0 aliphatic heterocycles. The minimum absolute atomic E-state index is 0.167. The Morgan fingerprint density at radius 2 is 2.33 bits per heavy atom. The van der Waals surface area contributed by atoms with Crippen molar-refractivity contribution < 1.29 is 0 Å². The van der Waals surface area contributed by atoms with Gasteiger partial charge in [-0.3, -0.25) is 0 Å². The van der Waals surface area contributed by atoms with Gasteiger partial charge in [0.1, 0.15) is 0 Å². The molecule has 1 atom stereocenters. The monoisotopic (exact) mass is 166 g/mol. The summed E-state index contributed by atoms with van der Waals surface area (Å²) < 4.78 is 0. The average molecular weight is 166 g/mol. The Morgan fingerprint density at radius 1 is 1.58 bits per heavy atom. The molecule has 12 heavy (non-hydrogen) atoms. The van der Waals surface area contributed by atoms with Crippen LogP contribution in [0.2, 0.25) is 0 Å². The minimum atomic E-state index is 0.167. The lowest BCUT2D eigenvalue weighted by molar-refractivity contribution is 0.774. The second-order valence-corrected chi connectivity index (χ2v) is 2.50. The SMILES string of the molecule is C=C/C=C\CN/C=C\C(N)CC. The topological polar surface area (TPSA) is 38.0 Å². The summed E-state index contributed by atoms with van der Waals surface area (Å²) in [6.07, 6.45) is 10.5. The summed E-state index contributed by atoms with van der Waals surface area (Å²) in [5, 5.41) is 3.09. The van der Waals surface area contributed by atoms with Crippen molar-refractivity contribution in [1.82, 2.24) is 5.32 Å². The van der Waals surface area contributed by atoms with Gasteiger partial charge in [0.2, 0.25) is 0 Å². The van der Waals surface area contributed by atoms with Gasteiger partial charge < -0.3 is 11.1 Å². The first-order chi connectivity index (χ1) is 5.81. The molecule has 0 amide bonds. The van der Waals surface area contributed by atoms with Crippen LogP contribution in [0.4, 0.5) is 0 Å². The highest BCUT2D eigenvalue weighted by atomic mass is 14.8. The second kappa shape index (κ2) is 8.08. The fourth-order valence-corrected chi connectivity index (χ4v) is 0.628. The van der Waals surface area contributed by atoms with E-state index in [2.05, 4.69) is 18.8 Å². The van der Waals surface area contributed by atoms with Crippen molar-refractivity contribution in [2.45, 2.75) is 19.4 Å². The molecule has 0 aliphatic rings. The van der Waals surface area contributed by atoms with Gasteiger partial charge in [-0.15, -0.1) is 0 Å². The standard InChI is InChI=1S/C10H18N2/c1-3-5-6-8-12-9-7-10(11)4-2/h3,5-7,9-10,12H,1,4,8,11H2,2H3/b6-5-,9-7-. The first-order valence-corrected chi connectivity index (χ1v) is 4.24. The van der Waals surface area contributed by atoms with Crippen LogP contribution in [0.3, 0.4) is 0 Å². The molecule has 0 saturated carbocycles. The lowest BCUT2D eigenvalue weighted by Crippen LogP contribution is -2.16. The maximum absolute atomic E-state index is 5.65. The molecule has 0 spiro atoms. The molecule has 0 rings (SSSR count). The van der Waals surface area contributed by atoms with Gasteiger partial charge in [0.05, 0.1) is 0 Å². The summed E-state index contributed by atoms with van der Waals surface area (Å²) in [6, 6.07) is 0.167. The van der Waals surface area contributed by atoms with Crippen LogP contribution in [0.15, 0.2) is 37.1 Å². The van der Waals surface area contributed by atoms with Crippen LogP contribution >= 0.6 is 0 Å². The molecule has 0 aromatic carbocycles. The Bertz CT molecular complexity index is 159. The highest BCUT2D eigenvalue weighted by Crippen LogP contribution is 1.85. The smallest absolute Gasteiger partial charge is 0.0328 e. The maximum atomic E-state index is 5.65. The van der Waals surface area contributed by atoms with Crippen LogP contribution in [0.1, 0.15) is 13.3 Å². The lowest BCUT2D eigenvalue weighted by atomic mass is 10.2. The van der Waals surface area contributed by atoms with Gasteiger partial charge in [-0.25, -0.2) is 0 Å². The van der Waals surface area contributed by atoms with Gasteiger partial charge in [-0.1, -0.05) is 37.8 Å². The molecule has 0 fully saturated rings. The molecule has 0 aromatic heterocycles. The Hall–Kier alpha value is -1.02. The average Bonchev–Trinajstić information content (AvgIpc) is 2.10. The van der Waals surface area contributed by atoms with Crippen molar-refractivity contribution in [3.05, 3.63) is 37.1 Å². The van der Waals surface area contributed by atoms with Crippen molar-refractivity contribution in [2.24, 2.45) is 5.73 Å². The maximum Gasteiger partial charge on any atom is 0.0328 e. The highest BCUT2D eigenvalue weighted by molar-refractivity contribution is 4.99. The number of allylic oxidation sites excluding steroid dienone is 2. The second-order valence-electron chi connectivity index (χ2n) is 2.50. The van der Waals surface area contributed by atoms with Gasteiger partial charge in [-0.2, -0.15) is 0 Å². The van der Waals surface area contributed by atoms with Crippen LogP contribution in [0, 0.1) is 0 Å². The van der Waals surface area contributed by atoms with Crippen molar-refractivity contribution >= 4 is 0 Å². The van der Waals surface area contributed by atoms with E-state index in [1.165, 1.54) is 0 Å². The third-order valence-electron chi connectivity index (χ3n) is 1.44. The lowest BCUT2D eigenvalue weighted by Gasteiger charge is -2.00. The van der Waals surface area contributed by atoms with Crippen LogP contribution in [-0.2, 0) is 0 Å². The quantitative estimate of drug-likeness (QED) is 0.464. The highest BCUT2D eigenvalue weighted by Gasteiger charge is 1.87. The zero-order valence-electron chi connectivity index (χ0n) is 7.66. The Kier molecular flexibility index (Phi) is 7.39. The predicted octanol–water partition coefficient (Wildman–Crippen LogP) is 1.57. The van der Waals surface area contributed by atoms with Gasteiger partial charge in [0.15, 0.2) is 0 Å². The minimum Gasteiger partial charge on any atom is -0.388 e. The summed E-state index contributed by atoms with van der Waals surface area (Å²) in [4.78, 5) is 0. The molecule has 1 unspecified atom stereocenters. The van der Waals surface area contributed by atoms with Crippen molar-refractivity contribution in [1.29, 1.82) is 0 Å². The molecule has 0 aromatic rings. The molecule has 3 N–H and O–H groups in total. The Morgan fingerprint density at radius 3 is 2.92 bits per heavy atom. The van der Waals surface area contributed by atoms with Crippen molar-refractivity contribution in [3.63, 3.8) is 0 Å². The van der Waals surface area contributed by atoms with E-state index in [-0.39, 0.29) is 6.04 Å². The number of nitrogens with one attached hydrogen (secondary N) is 1. The molecule has 2 nitrogen and oxygen atoms in total. The van der Waals surface area contributed by atoms with E-state index in [0.717, 1.165) is 13.0 Å². The van der Waals surface area contributed by atoms with Crippen molar-refractivity contribution in [3.8, 4) is 0 Å². The van der Waals surface area contributed by atoms with Gasteiger partial charge in [-0.05, 0) is 12.6 Å². The number of rotatable bonds is 6. The van der Waals surface area contributed by atoms with Gasteiger partial charge >= 0.3 is 0 Å². The van der Waals surface area contributed by atoms with Gasteiger partial charge in [0, 0.05) is 12.6 Å². The van der Waals surface area contributed by atoms with Crippen LogP contribution in [0.25, 0.3) is 0 Å². The normalized spacial score (nSPS) is 13.8. The summed E-state index contributed by atoms with van der Waals surface area (Å²) in [7, 11) is 0. The summed E-state index contributed by atoms with van der Waals surface area (Å²) >= 11 is 0. The zero-order valence-corrected chi connectivity index (χ0v) is 7.66. The molecule has 2 heteroatoms. The van der Waals surface area contributed by atoms with E-state index in [4.69, 9.17) is 5.73 Å². The van der Waals surface area contributed by atoms with Crippen LogP contribution in [-0.4, -0.2) is 12.6 Å². The first-order valence-electron chi connectivity index (χ1n) is 4.24. The van der Waals surface area contributed by atoms with E-state index in [9.17, 15) is 0 Å². The van der Waals surface area contributed by atoms with Crippen molar-refractivity contribution in [2.75, 3.05) is 6.54 Å². The predicted molar refractivity (Wildman–Crippen MR) is 54.7 cm³/mol. The molecular weight excluding hydrogens is 148 g/mol. The van der Waals surface area contributed by atoms with E-state index < -0.39 is 0 Å². The van der Waals surface area contributed by atoms with E-state index in [1.54, 1.807) is 6.08 Å². The zero-order chi connectivity index (χ0) is 9.23. The molecule has 0 heterocycles. The summed E-state index contributed by atoms with van der Waals surface area (Å²) in [6.45, 7) is 6.45. The fourth-order valence-electron chi connectivity index (χ4n) is 0.628. The van der Waals surface area contributed by atoms with Crippen LogP contribution < -0.4 is 11.1 Å². The van der Waals surface area contributed by atoms with E-state index in [0.29, 0.717) is 0 Å². The largest absolute Gasteiger partial charge is 0.388 e. The van der Waals surface area contributed by atoms with Gasteiger partial charge in [0.25, 0.3) is 0 Å². The first kappa shape index (κ1) is 11.0. The molecule has 0 bridgehead atoms. The molecule has 68 valence electrons. The Balaban J connectivity index is 3.35. The summed E-state index contributed by atoms with van der Waals surface area (Å²) in [5.41, 5.74) is 5.65. The third-order valence-corrected chi connectivity index (χ3v) is 1.44. The van der Waals surface area contributed by atoms with Crippen LogP contribution in [0.5, 0.6) is 0 Å². The van der Waals surface area contributed by atoms with E-state index >= 15 is 0 Å². The Labute approximate surface area is 74.8 Å². The number of hydrogen-bond donors (Lipinski definition) is 2. The number of nitrogens with two attached hydrogens (primary N) is 1. The molecule has 0 saturated heterocycles. The third kappa shape index (κ3) is 7.09. The molecular formula is C10H18N2. The fraction of sp³-hybridized carbons (Fsp3) is 0.400. The molecule has 0 radical (unpaired) electrons. The number of hydrogen-bond acceptors (Lipinski definition) is 2. The van der Waals surface area contributed by atoms with E-state index in [1.807, 2.05) is 24.4 Å². The molecule has 0 aliphatic carbocycles. The summed E-state index contributed by atoms with van der Waals surface area (Å²) in [5.74, 6) is 0.